The second-order valence-electron chi connectivity index (χ2n) is 7.17. The van der Waals surface area contributed by atoms with Crippen LogP contribution >= 0.6 is 11.8 Å². The Morgan fingerprint density at radius 2 is 1.77 bits per heavy atom. The lowest BCUT2D eigenvalue weighted by Gasteiger charge is -2.26. The number of nitrogens with one attached hydrogen (secondary N) is 1. The first-order valence-electron chi connectivity index (χ1n) is 10.3. The predicted molar refractivity (Wildman–Crippen MR) is 124 cm³/mol. The molecule has 1 atom stereocenters. The Kier molecular flexibility index (Phi) is 6.60. The average Bonchev–Trinajstić information content (AvgIpc) is 3.29. The van der Waals surface area contributed by atoms with Crippen LogP contribution in [0.4, 0.5) is 10.5 Å². The number of carbonyl (C=O) groups is 1. The Morgan fingerprint density at radius 3 is 2.60 bits per heavy atom. The highest BCUT2D eigenvalue weighted by Crippen LogP contribution is 2.42. The standard InChI is InChI=1S/C25H26N2O2S/c1-2-20-12-6-8-14-22(20)26-25(28)27-16-17-30-24(27)21-13-7-9-15-23(21)29-18-19-10-4-3-5-11-19/h3-15,24H,2,16-18H2,1H3,(H,26,28)/t24-/m0/s1. The minimum atomic E-state index is -0.0660. The van der Waals surface area contributed by atoms with Gasteiger partial charge >= 0.3 is 6.03 Å². The number of rotatable bonds is 6. The van der Waals surface area contributed by atoms with Crippen LogP contribution in [0.1, 0.15) is 29.0 Å². The van der Waals surface area contributed by atoms with E-state index in [9.17, 15) is 4.79 Å². The summed E-state index contributed by atoms with van der Waals surface area (Å²) in [6.45, 7) is 3.31. The lowest BCUT2D eigenvalue weighted by atomic mass is 10.1. The van der Waals surface area contributed by atoms with E-state index in [1.807, 2.05) is 59.5 Å². The van der Waals surface area contributed by atoms with Gasteiger partial charge in [0.15, 0.2) is 0 Å². The summed E-state index contributed by atoms with van der Waals surface area (Å²) in [7, 11) is 0. The van der Waals surface area contributed by atoms with Gasteiger partial charge in [0.1, 0.15) is 17.7 Å². The van der Waals surface area contributed by atoms with Crippen molar-refractivity contribution in [1.82, 2.24) is 4.90 Å². The van der Waals surface area contributed by atoms with Crippen LogP contribution in [0.2, 0.25) is 0 Å². The van der Waals surface area contributed by atoms with Crippen molar-refractivity contribution in [1.29, 1.82) is 0 Å². The average molecular weight is 419 g/mol. The Bertz CT molecular complexity index is 993. The maximum atomic E-state index is 13.1. The number of nitrogens with zero attached hydrogens (tertiary/aromatic N) is 1. The Morgan fingerprint density at radius 1 is 1.03 bits per heavy atom. The first-order chi connectivity index (χ1) is 14.8. The monoisotopic (exact) mass is 418 g/mol. The highest BCUT2D eigenvalue weighted by molar-refractivity contribution is 7.99. The van der Waals surface area contributed by atoms with Crippen LogP contribution in [0.3, 0.4) is 0 Å². The lowest BCUT2D eigenvalue weighted by molar-refractivity contribution is 0.213. The fourth-order valence-corrected chi connectivity index (χ4v) is 4.91. The molecule has 0 spiro atoms. The van der Waals surface area contributed by atoms with Gasteiger partial charge in [0.05, 0.1) is 0 Å². The minimum absolute atomic E-state index is 0.0641. The number of ether oxygens (including phenoxy) is 1. The number of anilines is 1. The van der Waals surface area contributed by atoms with Gasteiger partial charge in [-0.05, 0) is 29.7 Å². The van der Waals surface area contributed by atoms with Crippen molar-refractivity contribution in [2.45, 2.75) is 25.3 Å². The first-order valence-corrected chi connectivity index (χ1v) is 11.3. The molecule has 1 N–H and O–H groups in total. The second-order valence-corrected chi connectivity index (χ2v) is 8.36. The molecule has 1 heterocycles. The molecule has 3 aromatic carbocycles. The molecule has 0 bridgehead atoms. The number of hydrogen-bond acceptors (Lipinski definition) is 3. The van der Waals surface area contributed by atoms with Gasteiger partial charge in [-0.25, -0.2) is 4.79 Å². The lowest BCUT2D eigenvalue weighted by Crippen LogP contribution is -2.34. The van der Waals surface area contributed by atoms with E-state index < -0.39 is 0 Å². The van der Waals surface area contributed by atoms with E-state index in [2.05, 4.69) is 36.5 Å². The van der Waals surface area contributed by atoms with Crippen molar-refractivity contribution in [3.63, 3.8) is 0 Å². The van der Waals surface area contributed by atoms with E-state index in [-0.39, 0.29) is 11.4 Å². The number of urea groups is 1. The molecule has 1 fully saturated rings. The van der Waals surface area contributed by atoms with Crippen molar-refractivity contribution in [3.05, 3.63) is 95.6 Å². The van der Waals surface area contributed by atoms with Crippen molar-refractivity contribution < 1.29 is 9.53 Å². The van der Waals surface area contributed by atoms with E-state index in [0.717, 1.165) is 40.3 Å². The third kappa shape index (κ3) is 4.62. The topological polar surface area (TPSA) is 41.6 Å². The number of carbonyl (C=O) groups excluding carboxylic acids is 1. The maximum absolute atomic E-state index is 13.1. The van der Waals surface area contributed by atoms with Crippen LogP contribution in [-0.4, -0.2) is 23.2 Å². The van der Waals surface area contributed by atoms with E-state index in [1.165, 1.54) is 0 Å². The van der Waals surface area contributed by atoms with Gasteiger partial charge < -0.3 is 15.0 Å². The third-order valence-electron chi connectivity index (χ3n) is 5.21. The molecule has 2 amide bonds. The molecule has 1 saturated heterocycles. The van der Waals surface area contributed by atoms with Crippen molar-refractivity contribution >= 4 is 23.5 Å². The van der Waals surface area contributed by atoms with Gasteiger partial charge in [0.2, 0.25) is 0 Å². The fourth-order valence-electron chi connectivity index (χ4n) is 3.62. The molecule has 4 rings (SSSR count). The predicted octanol–water partition coefficient (Wildman–Crippen LogP) is 6.11. The number of thioether (sulfide) groups is 1. The quantitative estimate of drug-likeness (QED) is 0.525. The maximum Gasteiger partial charge on any atom is 0.323 e. The zero-order chi connectivity index (χ0) is 20.8. The van der Waals surface area contributed by atoms with Crippen LogP contribution in [0, 0.1) is 0 Å². The second kappa shape index (κ2) is 9.72. The van der Waals surface area contributed by atoms with E-state index in [4.69, 9.17) is 4.74 Å². The smallest absolute Gasteiger partial charge is 0.323 e. The van der Waals surface area contributed by atoms with Crippen LogP contribution in [0.25, 0.3) is 0 Å². The molecular formula is C25H26N2O2S. The first kappa shape index (κ1) is 20.4. The van der Waals surface area contributed by atoms with E-state index in [0.29, 0.717) is 13.2 Å². The minimum Gasteiger partial charge on any atom is -0.489 e. The zero-order valence-electron chi connectivity index (χ0n) is 17.1. The van der Waals surface area contributed by atoms with Crippen LogP contribution in [-0.2, 0) is 13.0 Å². The number of amides is 2. The van der Waals surface area contributed by atoms with Crippen LogP contribution in [0.5, 0.6) is 5.75 Å². The molecule has 0 aliphatic carbocycles. The summed E-state index contributed by atoms with van der Waals surface area (Å²) in [6.07, 6.45) is 0.880. The Hall–Kier alpha value is -2.92. The fraction of sp³-hybridized carbons (Fsp3) is 0.240. The van der Waals surface area contributed by atoms with Crippen molar-refractivity contribution in [3.8, 4) is 5.75 Å². The summed E-state index contributed by atoms with van der Waals surface area (Å²) >= 11 is 1.77. The summed E-state index contributed by atoms with van der Waals surface area (Å²) in [5.74, 6) is 1.73. The molecule has 1 aliphatic rings. The number of hydrogen-bond donors (Lipinski definition) is 1. The zero-order valence-corrected chi connectivity index (χ0v) is 17.9. The molecule has 30 heavy (non-hydrogen) atoms. The molecule has 5 heteroatoms. The van der Waals surface area contributed by atoms with E-state index in [1.54, 1.807) is 11.8 Å². The number of para-hydroxylation sites is 2. The normalized spacial score (nSPS) is 15.8. The summed E-state index contributed by atoms with van der Waals surface area (Å²) in [5, 5.41) is 3.05. The van der Waals surface area contributed by atoms with Gasteiger partial charge in [-0.1, -0.05) is 73.7 Å². The van der Waals surface area contributed by atoms with Crippen molar-refractivity contribution in [2.24, 2.45) is 0 Å². The van der Waals surface area contributed by atoms with Gasteiger partial charge in [0, 0.05) is 23.5 Å². The number of aryl methyl sites for hydroxylation is 1. The number of benzene rings is 3. The van der Waals surface area contributed by atoms with Gasteiger partial charge in [0.25, 0.3) is 0 Å². The molecule has 154 valence electrons. The van der Waals surface area contributed by atoms with Crippen LogP contribution in [0.15, 0.2) is 78.9 Å². The molecule has 0 aromatic heterocycles. The molecule has 3 aromatic rings. The van der Waals surface area contributed by atoms with Gasteiger partial charge in [-0.2, -0.15) is 0 Å². The van der Waals surface area contributed by atoms with Crippen molar-refractivity contribution in [2.75, 3.05) is 17.6 Å². The summed E-state index contributed by atoms with van der Waals surface area (Å²) in [5.41, 5.74) is 4.18. The van der Waals surface area contributed by atoms with Crippen LogP contribution < -0.4 is 10.1 Å². The molecule has 0 saturated carbocycles. The summed E-state index contributed by atoms with van der Waals surface area (Å²) < 4.78 is 6.15. The molecular weight excluding hydrogens is 392 g/mol. The third-order valence-corrected chi connectivity index (χ3v) is 6.46. The van der Waals surface area contributed by atoms with Gasteiger partial charge in [-0.15, -0.1) is 11.8 Å². The van der Waals surface area contributed by atoms with E-state index >= 15 is 0 Å². The molecule has 0 radical (unpaired) electrons. The Labute approximate surface area is 182 Å². The largest absolute Gasteiger partial charge is 0.489 e. The molecule has 1 aliphatic heterocycles. The highest BCUT2D eigenvalue weighted by atomic mass is 32.2. The molecule has 0 unspecified atom stereocenters. The molecule has 4 nitrogen and oxygen atoms in total. The SMILES string of the molecule is CCc1ccccc1NC(=O)N1CCS[C@H]1c1ccccc1OCc1ccccc1. The summed E-state index contributed by atoms with van der Waals surface area (Å²) in [6, 6.07) is 26.1. The Balaban J connectivity index is 1.51. The highest BCUT2D eigenvalue weighted by Gasteiger charge is 2.32. The van der Waals surface area contributed by atoms with Gasteiger partial charge in [-0.3, -0.25) is 0 Å². The summed E-state index contributed by atoms with van der Waals surface area (Å²) in [4.78, 5) is 15.0.